The van der Waals surface area contributed by atoms with Crippen LogP contribution >= 0.6 is 0 Å². The van der Waals surface area contributed by atoms with Gasteiger partial charge in [0, 0.05) is 56.5 Å². The number of likely N-dealkylation sites (tertiary alicyclic amines) is 1. The number of fused-ring (bicyclic) bond motifs is 2. The average molecular weight is 383 g/mol. The Morgan fingerprint density at radius 1 is 1.14 bits per heavy atom. The summed E-state index contributed by atoms with van der Waals surface area (Å²) in [6, 6.07) is 12.3. The number of benzene rings is 1. The van der Waals surface area contributed by atoms with Crippen molar-refractivity contribution in [3.8, 4) is 5.75 Å². The second-order valence-electron chi connectivity index (χ2n) is 8.07. The van der Waals surface area contributed by atoms with Crippen LogP contribution in [0.5, 0.6) is 5.75 Å². The topological polar surface area (TPSA) is 54.8 Å². The predicted octanol–water partition coefficient (Wildman–Crippen LogP) is 3.23. The Labute approximate surface area is 167 Å². The van der Waals surface area contributed by atoms with E-state index in [9.17, 15) is 5.11 Å². The lowest BCUT2D eigenvalue weighted by Crippen LogP contribution is -2.57. The van der Waals surface area contributed by atoms with Crippen LogP contribution in [0.25, 0.3) is 0 Å². The Hall–Kier alpha value is -1.95. The largest absolute Gasteiger partial charge is 0.491 e. The lowest BCUT2D eigenvalue weighted by atomic mass is 9.63. The van der Waals surface area contributed by atoms with E-state index < -0.39 is 5.60 Å². The molecule has 0 radical (unpaired) electrons. The van der Waals surface area contributed by atoms with Gasteiger partial charge in [0.1, 0.15) is 12.4 Å². The number of rotatable bonds is 7. The monoisotopic (exact) mass is 382 g/mol. The van der Waals surface area contributed by atoms with Crippen LogP contribution in [0, 0.1) is 11.8 Å². The Morgan fingerprint density at radius 3 is 2.68 bits per heavy atom. The van der Waals surface area contributed by atoms with Gasteiger partial charge in [0.05, 0.1) is 12.2 Å². The maximum Gasteiger partial charge on any atom is 0.119 e. The number of piperidine rings is 1. The molecule has 0 amide bonds. The minimum Gasteiger partial charge on any atom is -0.491 e. The molecule has 2 fully saturated rings. The first-order chi connectivity index (χ1) is 13.7. The summed E-state index contributed by atoms with van der Waals surface area (Å²) in [5.74, 6) is 1.40. The SMILES string of the molecule is COCCOc1cccc(CN2C[C@H]3CCC[C@@H](C2)C3(O)c2cccnc2)c1. The number of aromatic nitrogens is 1. The van der Waals surface area contributed by atoms with Crippen LogP contribution in [0.3, 0.4) is 0 Å². The molecule has 28 heavy (non-hydrogen) atoms. The van der Waals surface area contributed by atoms with Crippen molar-refractivity contribution in [2.45, 2.75) is 31.4 Å². The number of methoxy groups -OCH3 is 1. The van der Waals surface area contributed by atoms with Crippen LogP contribution in [0.4, 0.5) is 0 Å². The first-order valence-corrected chi connectivity index (χ1v) is 10.3. The summed E-state index contributed by atoms with van der Waals surface area (Å²) >= 11 is 0. The van der Waals surface area contributed by atoms with Crippen LogP contribution in [0.2, 0.25) is 0 Å². The predicted molar refractivity (Wildman–Crippen MR) is 108 cm³/mol. The number of aliphatic hydroxyl groups is 1. The van der Waals surface area contributed by atoms with Crippen LogP contribution in [-0.4, -0.2) is 48.4 Å². The lowest BCUT2D eigenvalue weighted by molar-refractivity contribution is -0.148. The number of ether oxygens (including phenoxy) is 2. The van der Waals surface area contributed by atoms with Crippen molar-refractivity contribution < 1.29 is 14.6 Å². The van der Waals surface area contributed by atoms with Gasteiger partial charge in [-0.2, -0.15) is 0 Å². The lowest BCUT2D eigenvalue weighted by Gasteiger charge is -2.53. The van der Waals surface area contributed by atoms with E-state index in [4.69, 9.17) is 9.47 Å². The summed E-state index contributed by atoms with van der Waals surface area (Å²) in [5, 5.41) is 11.7. The molecule has 2 bridgehead atoms. The van der Waals surface area contributed by atoms with Gasteiger partial charge >= 0.3 is 0 Å². The van der Waals surface area contributed by atoms with Gasteiger partial charge in [-0.15, -0.1) is 0 Å². The maximum atomic E-state index is 11.7. The molecule has 1 saturated heterocycles. The molecule has 5 nitrogen and oxygen atoms in total. The van der Waals surface area contributed by atoms with Crippen molar-refractivity contribution in [3.05, 3.63) is 59.9 Å². The highest BCUT2D eigenvalue weighted by atomic mass is 16.5. The zero-order valence-corrected chi connectivity index (χ0v) is 16.6. The van der Waals surface area contributed by atoms with Crippen molar-refractivity contribution in [1.29, 1.82) is 0 Å². The Balaban J connectivity index is 1.46. The van der Waals surface area contributed by atoms with Gasteiger partial charge in [-0.1, -0.05) is 24.6 Å². The fourth-order valence-corrected chi connectivity index (χ4v) is 4.98. The Bertz CT molecular complexity index is 753. The molecule has 1 unspecified atom stereocenters. The minimum atomic E-state index is -0.742. The zero-order valence-electron chi connectivity index (χ0n) is 16.6. The van der Waals surface area contributed by atoms with Gasteiger partial charge < -0.3 is 14.6 Å². The molecule has 1 saturated carbocycles. The molecule has 2 aliphatic rings. The second-order valence-corrected chi connectivity index (χ2v) is 8.07. The second kappa shape index (κ2) is 8.60. The van der Waals surface area contributed by atoms with Crippen LogP contribution < -0.4 is 4.74 Å². The highest BCUT2D eigenvalue weighted by Gasteiger charge is 2.51. The molecule has 0 spiro atoms. The molecule has 4 rings (SSSR count). The van der Waals surface area contributed by atoms with E-state index in [1.165, 1.54) is 12.0 Å². The number of nitrogens with zero attached hydrogens (tertiary/aromatic N) is 2. The van der Waals surface area contributed by atoms with Crippen molar-refractivity contribution in [2.24, 2.45) is 11.8 Å². The van der Waals surface area contributed by atoms with E-state index >= 15 is 0 Å². The van der Waals surface area contributed by atoms with Crippen LogP contribution in [-0.2, 0) is 16.9 Å². The fraction of sp³-hybridized carbons (Fsp3) is 0.522. The number of hydrogen-bond donors (Lipinski definition) is 1. The molecule has 1 aliphatic carbocycles. The molecule has 1 aromatic carbocycles. The summed E-state index contributed by atoms with van der Waals surface area (Å²) in [6.07, 6.45) is 6.97. The highest BCUT2D eigenvalue weighted by molar-refractivity contribution is 5.29. The summed E-state index contributed by atoms with van der Waals surface area (Å²) in [7, 11) is 1.68. The molecule has 5 heteroatoms. The summed E-state index contributed by atoms with van der Waals surface area (Å²) in [5.41, 5.74) is 1.49. The molecule has 2 aromatic rings. The molecule has 150 valence electrons. The maximum absolute atomic E-state index is 11.7. The molecule has 3 atom stereocenters. The van der Waals surface area contributed by atoms with Gasteiger partial charge in [0.25, 0.3) is 0 Å². The molecule has 1 aromatic heterocycles. The molecular formula is C23H30N2O3. The third-order valence-electron chi connectivity index (χ3n) is 6.29. The van der Waals surface area contributed by atoms with Crippen molar-refractivity contribution >= 4 is 0 Å². The molecule has 1 aliphatic heterocycles. The van der Waals surface area contributed by atoms with Crippen molar-refractivity contribution in [1.82, 2.24) is 9.88 Å². The van der Waals surface area contributed by atoms with E-state index in [1.54, 1.807) is 13.3 Å². The fourth-order valence-electron chi connectivity index (χ4n) is 4.98. The number of hydrogen-bond acceptors (Lipinski definition) is 5. The molecular weight excluding hydrogens is 352 g/mol. The smallest absolute Gasteiger partial charge is 0.119 e. The average Bonchev–Trinajstić information content (AvgIpc) is 2.70. The zero-order chi connectivity index (χ0) is 19.4. The summed E-state index contributed by atoms with van der Waals surface area (Å²) in [4.78, 5) is 6.76. The summed E-state index contributed by atoms with van der Waals surface area (Å²) < 4.78 is 10.8. The third-order valence-corrected chi connectivity index (χ3v) is 6.29. The third kappa shape index (κ3) is 3.93. The van der Waals surface area contributed by atoms with Gasteiger partial charge in [0.15, 0.2) is 0 Å². The van der Waals surface area contributed by atoms with E-state index in [0.29, 0.717) is 13.2 Å². The van der Waals surface area contributed by atoms with Crippen molar-refractivity contribution in [2.75, 3.05) is 33.4 Å². The van der Waals surface area contributed by atoms with Crippen LogP contribution in [0.1, 0.15) is 30.4 Å². The van der Waals surface area contributed by atoms with Gasteiger partial charge in [0.2, 0.25) is 0 Å². The van der Waals surface area contributed by atoms with E-state index in [1.807, 2.05) is 30.5 Å². The van der Waals surface area contributed by atoms with Gasteiger partial charge in [-0.05, 0) is 36.6 Å². The minimum absolute atomic E-state index is 0.255. The van der Waals surface area contributed by atoms with Gasteiger partial charge in [-0.25, -0.2) is 0 Å². The quantitative estimate of drug-likeness (QED) is 0.745. The number of pyridine rings is 1. The van der Waals surface area contributed by atoms with Crippen molar-refractivity contribution in [3.63, 3.8) is 0 Å². The molecule has 1 N–H and O–H groups in total. The van der Waals surface area contributed by atoms with E-state index in [0.717, 1.165) is 43.8 Å². The van der Waals surface area contributed by atoms with Gasteiger partial charge in [-0.3, -0.25) is 9.88 Å². The molecule has 2 heterocycles. The standard InChI is InChI=1S/C23H30N2O3/c1-27-11-12-28-22-9-2-5-18(13-22)15-25-16-20-6-3-7-21(17-25)23(20,26)19-8-4-10-24-14-19/h2,4-5,8-10,13-14,20-21,26H,3,6-7,11-12,15-17H2,1H3/t20-,21+,23?. The summed E-state index contributed by atoms with van der Waals surface area (Å²) in [6.45, 7) is 3.86. The first kappa shape index (κ1) is 19.4. The first-order valence-electron chi connectivity index (χ1n) is 10.3. The Kier molecular flexibility index (Phi) is 5.95. The Morgan fingerprint density at radius 2 is 1.96 bits per heavy atom. The highest BCUT2D eigenvalue weighted by Crippen LogP contribution is 2.49. The van der Waals surface area contributed by atoms with E-state index in [2.05, 4.69) is 22.0 Å². The van der Waals surface area contributed by atoms with E-state index in [-0.39, 0.29) is 11.8 Å². The normalized spacial score (nSPS) is 27.5. The van der Waals surface area contributed by atoms with Crippen LogP contribution in [0.15, 0.2) is 48.8 Å².